The average molecular weight is 176 g/mol. The van der Waals surface area contributed by atoms with E-state index in [0.29, 0.717) is 6.42 Å². The zero-order valence-corrected chi connectivity index (χ0v) is 7.49. The number of nitrogens with one attached hydrogen (secondary N) is 1. The van der Waals surface area contributed by atoms with Gasteiger partial charge in [0.2, 0.25) is 0 Å². The van der Waals surface area contributed by atoms with E-state index in [1.165, 1.54) is 0 Å². The summed E-state index contributed by atoms with van der Waals surface area (Å²) in [5, 5.41) is 11.4. The van der Waals surface area contributed by atoms with E-state index in [-0.39, 0.29) is 6.04 Å². The first-order valence-corrected chi connectivity index (χ1v) is 4.04. The van der Waals surface area contributed by atoms with Crippen molar-refractivity contribution in [1.29, 1.82) is 5.26 Å². The predicted octanol–water partition coefficient (Wildman–Crippen LogP) is 1.04. The highest BCUT2D eigenvalue weighted by atomic mass is 14.9. The molecule has 0 spiro atoms. The van der Waals surface area contributed by atoms with Gasteiger partial charge < -0.3 is 11.1 Å². The molecule has 1 aromatic rings. The van der Waals surface area contributed by atoms with Gasteiger partial charge in [0.15, 0.2) is 0 Å². The number of anilines is 1. The minimum absolute atomic E-state index is 0.222. The van der Waals surface area contributed by atoms with Gasteiger partial charge in [-0.25, -0.2) is 4.98 Å². The molecule has 3 N–H and O–H groups in total. The molecule has 0 saturated heterocycles. The highest BCUT2D eigenvalue weighted by Gasteiger charge is 2.05. The van der Waals surface area contributed by atoms with Crippen molar-refractivity contribution in [2.75, 3.05) is 12.4 Å². The summed E-state index contributed by atoms with van der Waals surface area (Å²) in [6.45, 7) is 0. The Bertz CT molecular complexity index is 316. The minimum atomic E-state index is -0.222. The lowest BCUT2D eigenvalue weighted by molar-refractivity contribution is 0.747. The third-order valence-corrected chi connectivity index (χ3v) is 1.78. The Hall–Kier alpha value is -1.60. The third-order valence-electron chi connectivity index (χ3n) is 1.78. The second-order valence-corrected chi connectivity index (χ2v) is 2.69. The monoisotopic (exact) mass is 176 g/mol. The molecular weight excluding hydrogens is 164 g/mol. The molecule has 0 fully saturated rings. The Morgan fingerprint density at radius 1 is 1.77 bits per heavy atom. The first kappa shape index (κ1) is 9.49. The summed E-state index contributed by atoms with van der Waals surface area (Å²) in [4.78, 5) is 4.05. The standard InChI is InChI=1S/C9H12N4/c1-12-9-6-7(3-5-13-9)8(11)2-4-10/h3,5-6,8H,2,11H2,1H3,(H,12,13)/t8-/m0/s1. The molecule has 0 aromatic carbocycles. The fraction of sp³-hybridized carbons (Fsp3) is 0.333. The molecule has 13 heavy (non-hydrogen) atoms. The van der Waals surface area contributed by atoms with Crippen molar-refractivity contribution in [3.63, 3.8) is 0 Å². The number of nitrogens with zero attached hydrogens (tertiary/aromatic N) is 2. The van der Waals surface area contributed by atoms with E-state index in [2.05, 4.69) is 10.3 Å². The molecule has 0 saturated carbocycles. The molecule has 4 heteroatoms. The fourth-order valence-electron chi connectivity index (χ4n) is 1.03. The molecule has 0 amide bonds. The summed E-state index contributed by atoms with van der Waals surface area (Å²) in [5.41, 5.74) is 6.68. The van der Waals surface area contributed by atoms with Crippen LogP contribution in [0.1, 0.15) is 18.0 Å². The summed E-state index contributed by atoms with van der Waals surface area (Å²) >= 11 is 0. The molecule has 0 unspecified atom stereocenters. The Morgan fingerprint density at radius 3 is 3.15 bits per heavy atom. The van der Waals surface area contributed by atoms with Crippen LogP contribution in [0.15, 0.2) is 18.3 Å². The summed E-state index contributed by atoms with van der Waals surface area (Å²) in [6, 6.07) is 5.49. The molecule has 1 heterocycles. The Balaban J connectivity index is 2.83. The first-order chi connectivity index (χ1) is 6.27. The zero-order valence-electron chi connectivity index (χ0n) is 7.49. The second-order valence-electron chi connectivity index (χ2n) is 2.69. The van der Waals surface area contributed by atoms with Crippen LogP contribution < -0.4 is 11.1 Å². The van der Waals surface area contributed by atoms with Gasteiger partial charge in [-0.3, -0.25) is 0 Å². The maximum Gasteiger partial charge on any atom is 0.125 e. The topological polar surface area (TPSA) is 74.7 Å². The van der Waals surface area contributed by atoms with Crippen LogP contribution in [0.25, 0.3) is 0 Å². The molecule has 0 aliphatic heterocycles. The van der Waals surface area contributed by atoms with E-state index in [4.69, 9.17) is 11.0 Å². The number of rotatable bonds is 3. The van der Waals surface area contributed by atoms with E-state index in [1.54, 1.807) is 13.2 Å². The van der Waals surface area contributed by atoms with Crippen LogP contribution in [0.2, 0.25) is 0 Å². The van der Waals surface area contributed by atoms with Crippen molar-refractivity contribution in [2.24, 2.45) is 5.73 Å². The summed E-state index contributed by atoms with van der Waals surface area (Å²) < 4.78 is 0. The molecule has 1 atom stereocenters. The normalized spacial score (nSPS) is 11.8. The van der Waals surface area contributed by atoms with Crippen LogP contribution in [-0.2, 0) is 0 Å². The van der Waals surface area contributed by atoms with Gasteiger partial charge in [0.1, 0.15) is 5.82 Å². The number of hydrogen-bond donors (Lipinski definition) is 2. The van der Waals surface area contributed by atoms with Crippen molar-refractivity contribution >= 4 is 5.82 Å². The van der Waals surface area contributed by atoms with Gasteiger partial charge in [0, 0.05) is 19.3 Å². The molecule has 68 valence electrons. The van der Waals surface area contributed by atoms with Crippen molar-refractivity contribution < 1.29 is 0 Å². The van der Waals surface area contributed by atoms with Crippen molar-refractivity contribution in [1.82, 2.24) is 4.98 Å². The van der Waals surface area contributed by atoms with Crippen LogP contribution in [-0.4, -0.2) is 12.0 Å². The number of hydrogen-bond acceptors (Lipinski definition) is 4. The SMILES string of the molecule is CNc1cc([C@@H](N)CC#N)ccn1. The maximum atomic E-state index is 8.46. The Morgan fingerprint density at radius 2 is 2.54 bits per heavy atom. The molecule has 0 bridgehead atoms. The van der Waals surface area contributed by atoms with Gasteiger partial charge in [-0.2, -0.15) is 5.26 Å². The largest absolute Gasteiger partial charge is 0.373 e. The molecular formula is C9H12N4. The molecule has 1 aromatic heterocycles. The molecule has 0 aliphatic rings. The lowest BCUT2D eigenvalue weighted by Crippen LogP contribution is -2.09. The predicted molar refractivity (Wildman–Crippen MR) is 50.9 cm³/mol. The highest BCUT2D eigenvalue weighted by Crippen LogP contribution is 2.15. The zero-order chi connectivity index (χ0) is 9.68. The molecule has 1 rings (SSSR count). The maximum absolute atomic E-state index is 8.46. The quantitative estimate of drug-likeness (QED) is 0.721. The van der Waals surface area contributed by atoms with Crippen LogP contribution in [0.3, 0.4) is 0 Å². The Kier molecular flexibility index (Phi) is 3.23. The number of nitrogens with two attached hydrogens (primary N) is 1. The van der Waals surface area contributed by atoms with Gasteiger partial charge in [0.25, 0.3) is 0 Å². The second kappa shape index (κ2) is 4.43. The lowest BCUT2D eigenvalue weighted by Gasteiger charge is -2.08. The first-order valence-electron chi connectivity index (χ1n) is 4.04. The van der Waals surface area contributed by atoms with Gasteiger partial charge in [-0.05, 0) is 17.7 Å². The summed E-state index contributed by atoms with van der Waals surface area (Å²) in [5.74, 6) is 0.769. The van der Waals surface area contributed by atoms with Crippen LogP contribution in [0.4, 0.5) is 5.82 Å². The smallest absolute Gasteiger partial charge is 0.125 e. The minimum Gasteiger partial charge on any atom is -0.373 e. The molecule has 4 nitrogen and oxygen atoms in total. The lowest BCUT2D eigenvalue weighted by atomic mass is 10.1. The van der Waals surface area contributed by atoms with Crippen LogP contribution in [0.5, 0.6) is 0 Å². The third kappa shape index (κ3) is 2.42. The number of pyridine rings is 1. The number of aromatic nitrogens is 1. The van der Waals surface area contributed by atoms with E-state index in [0.717, 1.165) is 11.4 Å². The van der Waals surface area contributed by atoms with Crippen LogP contribution in [0, 0.1) is 11.3 Å². The van der Waals surface area contributed by atoms with Crippen molar-refractivity contribution in [3.05, 3.63) is 23.9 Å². The van der Waals surface area contributed by atoms with Gasteiger partial charge in [0.05, 0.1) is 12.5 Å². The Labute approximate surface area is 77.4 Å². The van der Waals surface area contributed by atoms with E-state index < -0.39 is 0 Å². The average Bonchev–Trinajstić information content (AvgIpc) is 2.18. The summed E-state index contributed by atoms with van der Waals surface area (Å²) in [7, 11) is 1.79. The van der Waals surface area contributed by atoms with E-state index in [1.807, 2.05) is 18.2 Å². The molecule has 0 radical (unpaired) electrons. The van der Waals surface area contributed by atoms with Gasteiger partial charge in [-0.1, -0.05) is 0 Å². The van der Waals surface area contributed by atoms with E-state index >= 15 is 0 Å². The molecule has 0 aliphatic carbocycles. The van der Waals surface area contributed by atoms with Gasteiger partial charge in [-0.15, -0.1) is 0 Å². The van der Waals surface area contributed by atoms with Crippen molar-refractivity contribution in [3.8, 4) is 6.07 Å². The fourth-order valence-corrected chi connectivity index (χ4v) is 1.03. The summed E-state index contributed by atoms with van der Waals surface area (Å²) in [6.07, 6.45) is 2.01. The highest BCUT2D eigenvalue weighted by molar-refractivity contribution is 5.37. The van der Waals surface area contributed by atoms with Crippen LogP contribution >= 0.6 is 0 Å². The number of nitriles is 1. The van der Waals surface area contributed by atoms with Gasteiger partial charge >= 0.3 is 0 Å². The van der Waals surface area contributed by atoms with Crippen molar-refractivity contribution in [2.45, 2.75) is 12.5 Å². The van der Waals surface area contributed by atoms with E-state index in [9.17, 15) is 0 Å².